The second kappa shape index (κ2) is 3.74. The Bertz CT molecular complexity index is 549. The number of hydrogen-bond donors (Lipinski definition) is 1. The maximum Gasteiger partial charge on any atom is 0.152 e. The van der Waals surface area contributed by atoms with Gasteiger partial charge in [-0.3, -0.25) is 4.79 Å². The summed E-state index contributed by atoms with van der Waals surface area (Å²) in [4.78, 5) is 14.6. The smallest absolute Gasteiger partial charge is 0.152 e. The summed E-state index contributed by atoms with van der Waals surface area (Å²) in [6, 6.07) is 5.88. The number of hydrogen-bond acceptors (Lipinski definition) is 1. The minimum Gasteiger partial charge on any atom is -0.356 e. The number of fused-ring (bicyclic) bond motifs is 1. The van der Waals surface area contributed by atoms with Crippen molar-refractivity contribution in [3.05, 3.63) is 33.9 Å². The van der Waals surface area contributed by atoms with Gasteiger partial charge in [0, 0.05) is 26.5 Å². The first-order valence-corrected chi connectivity index (χ1v) is 6.00. The molecule has 2 aromatic rings. The zero-order valence-corrected chi connectivity index (χ0v) is 11.2. The number of aromatic amines is 1. The minimum atomic E-state index is -0.0608. The zero-order valence-electron chi connectivity index (χ0n) is 9.60. The fourth-order valence-electron chi connectivity index (χ4n) is 1.92. The number of nitrogens with one attached hydrogen (secondary N) is 1. The molecule has 1 N–H and O–H groups in total. The van der Waals surface area contributed by atoms with Crippen LogP contribution >= 0.6 is 15.9 Å². The van der Waals surface area contributed by atoms with E-state index in [1.165, 1.54) is 0 Å². The Labute approximate surface area is 103 Å². The molecule has 2 nitrogen and oxygen atoms in total. The lowest BCUT2D eigenvalue weighted by Crippen LogP contribution is -2.13. The lowest BCUT2D eigenvalue weighted by molar-refractivity contribution is 0.112. The van der Waals surface area contributed by atoms with Crippen molar-refractivity contribution in [3.8, 4) is 0 Å². The average Bonchev–Trinajstić information content (AvgIpc) is 2.57. The first-order chi connectivity index (χ1) is 7.45. The van der Waals surface area contributed by atoms with Crippen molar-refractivity contribution < 1.29 is 4.79 Å². The van der Waals surface area contributed by atoms with E-state index in [0.29, 0.717) is 0 Å². The normalized spacial score (nSPS) is 12.0. The molecule has 1 heterocycles. The highest BCUT2D eigenvalue weighted by molar-refractivity contribution is 9.10. The van der Waals surface area contributed by atoms with E-state index in [9.17, 15) is 4.79 Å². The highest BCUT2D eigenvalue weighted by Gasteiger charge is 2.22. The Morgan fingerprint density at radius 3 is 2.56 bits per heavy atom. The number of aromatic nitrogens is 1. The monoisotopic (exact) mass is 279 g/mol. The fourth-order valence-corrected chi connectivity index (χ4v) is 2.38. The van der Waals surface area contributed by atoms with Crippen molar-refractivity contribution in [2.45, 2.75) is 26.2 Å². The molecule has 0 amide bonds. The molecule has 0 atom stereocenters. The molecule has 0 aliphatic rings. The topological polar surface area (TPSA) is 32.9 Å². The SMILES string of the molecule is CC(C)(C)c1[nH]c2c(Br)cccc2c1C=O. The van der Waals surface area contributed by atoms with Gasteiger partial charge in [0.05, 0.1) is 5.52 Å². The summed E-state index contributed by atoms with van der Waals surface area (Å²) in [5, 5.41) is 0.981. The van der Waals surface area contributed by atoms with Crippen LogP contribution in [0.25, 0.3) is 10.9 Å². The third-order valence-electron chi connectivity index (χ3n) is 2.69. The van der Waals surface area contributed by atoms with Crippen molar-refractivity contribution in [1.82, 2.24) is 4.98 Å². The Hall–Kier alpha value is -1.09. The molecular weight excluding hydrogens is 266 g/mol. The maximum atomic E-state index is 11.2. The highest BCUT2D eigenvalue weighted by Crippen LogP contribution is 2.33. The lowest BCUT2D eigenvalue weighted by atomic mass is 9.89. The van der Waals surface area contributed by atoms with Crippen LogP contribution in [0.15, 0.2) is 22.7 Å². The average molecular weight is 280 g/mol. The van der Waals surface area contributed by atoms with Crippen molar-refractivity contribution in [1.29, 1.82) is 0 Å². The van der Waals surface area contributed by atoms with Crippen LogP contribution in [-0.2, 0) is 5.41 Å². The van der Waals surface area contributed by atoms with Crippen LogP contribution in [-0.4, -0.2) is 11.3 Å². The Morgan fingerprint density at radius 2 is 2.00 bits per heavy atom. The van der Waals surface area contributed by atoms with E-state index in [4.69, 9.17) is 0 Å². The van der Waals surface area contributed by atoms with Gasteiger partial charge in [-0.2, -0.15) is 0 Å². The van der Waals surface area contributed by atoms with Crippen LogP contribution in [0.5, 0.6) is 0 Å². The van der Waals surface area contributed by atoms with Crippen LogP contribution in [0.4, 0.5) is 0 Å². The van der Waals surface area contributed by atoms with Gasteiger partial charge >= 0.3 is 0 Å². The number of carbonyl (C=O) groups is 1. The summed E-state index contributed by atoms with van der Waals surface area (Å²) < 4.78 is 0.989. The lowest BCUT2D eigenvalue weighted by Gasteiger charge is -2.17. The predicted octanol–water partition coefficient (Wildman–Crippen LogP) is 4.04. The second-order valence-electron chi connectivity index (χ2n) is 4.94. The molecular formula is C13H14BrNO. The van der Waals surface area contributed by atoms with E-state index in [0.717, 1.165) is 32.9 Å². The molecule has 0 fully saturated rings. The first-order valence-electron chi connectivity index (χ1n) is 5.21. The molecule has 1 aromatic carbocycles. The van der Waals surface area contributed by atoms with Gasteiger partial charge in [-0.25, -0.2) is 0 Å². The number of H-pyrrole nitrogens is 1. The molecule has 0 bridgehead atoms. The molecule has 0 saturated carbocycles. The number of para-hydroxylation sites is 1. The van der Waals surface area contributed by atoms with E-state index < -0.39 is 0 Å². The molecule has 0 spiro atoms. The van der Waals surface area contributed by atoms with Crippen LogP contribution in [0.3, 0.4) is 0 Å². The second-order valence-corrected chi connectivity index (χ2v) is 5.80. The predicted molar refractivity (Wildman–Crippen MR) is 70.1 cm³/mol. The number of halogens is 1. The van der Waals surface area contributed by atoms with E-state index >= 15 is 0 Å². The van der Waals surface area contributed by atoms with E-state index in [1.807, 2.05) is 18.2 Å². The molecule has 0 aliphatic carbocycles. The molecule has 84 valence electrons. The summed E-state index contributed by atoms with van der Waals surface area (Å²) in [5.74, 6) is 0. The van der Waals surface area contributed by atoms with Crippen molar-refractivity contribution in [2.75, 3.05) is 0 Å². The Balaban J connectivity index is 2.87. The minimum absolute atomic E-state index is 0.0608. The summed E-state index contributed by atoms with van der Waals surface area (Å²) >= 11 is 3.49. The van der Waals surface area contributed by atoms with Crippen LogP contribution in [0, 0.1) is 0 Å². The molecule has 0 radical (unpaired) electrons. The quantitative estimate of drug-likeness (QED) is 0.786. The third kappa shape index (κ3) is 1.69. The molecule has 0 saturated heterocycles. The number of rotatable bonds is 1. The molecule has 1 aromatic heterocycles. The van der Waals surface area contributed by atoms with E-state index in [1.54, 1.807) is 0 Å². The zero-order chi connectivity index (χ0) is 11.9. The van der Waals surface area contributed by atoms with E-state index in [2.05, 4.69) is 41.7 Å². The van der Waals surface area contributed by atoms with Crippen LogP contribution < -0.4 is 0 Å². The highest BCUT2D eigenvalue weighted by atomic mass is 79.9. The maximum absolute atomic E-state index is 11.2. The molecule has 0 aliphatic heterocycles. The molecule has 3 heteroatoms. The van der Waals surface area contributed by atoms with Crippen molar-refractivity contribution >= 4 is 33.1 Å². The van der Waals surface area contributed by atoms with Gasteiger partial charge < -0.3 is 4.98 Å². The van der Waals surface area contributed by atoms with Gasteiger partial charge in [-0.1, -0.05) is 32.9 Å². The standard InChI is InChI=1S/C13H14BrNO/c1-13(2,3)12-9(7-16)8-5-4-6-10(14)11(8)15-12/h4-7,15H,1-3H3. The van der Waals surface area contributed by atoms with Gasteiger partial charge in [0.1, 0.15) is 0 Å². The molecule has 16 heavy (non-hydrogen) atoms. The summed E-state index contributed by atoms with van der Waals surface area (Å²) in [7, 11) is 0. The third-order valence-corrected chi connectivity index (χ3v) is 3.35. The molecule has 2 rings (SSSR count). The fraction of sp³-hybridized carbons (Fsp3) is 0.308. The Morgan fingerprint density at radius 1 is 1.31 bits per heavy atom. The molecule has 0 unspecified atom stereocenters. The Kier molecular flexibility index (Phi) is 2.66. The summed E-state index contributed by atoms with van der Waals surface area (Å²) in [6.45, 7) is 6.29. The summed E-state index contributed by atoms with van der Waals surface area (Å²) in [6.07, 6.45) is 0.936. The van der Waals surface area contributed by atoms with Crippen LogP contribution in [0.2, 0.25) is 0 Å². The van der Waals surface area contributed by atoms with E-state index in [-0.39, 0.29) is 5.41 Å². The van der Waals surface area contributed by atoms with Crippen molar-refractivity contribution in [2.24, 2.45) is 0 Å². The van der Waals surface area contributed by atoms with Gasteiger partial charge in [-0.15, -0.1) is 0 Å². The van der Waals surface area contributed by atoms with Crippen molar-refractivity contribution in [3.63, 3.8) is 0 Å². The van der Waals surface area contributed by atoms with Gasteiger partial charge in [0.2, 0.25) is 0 Å². The number of aldehydes is 1. The first kappa shape index (κ1) is 11.4. The number of benzene rings is 1. The van der Waals surface area contributed by atoms with Gasteiger partial charge in [-0.05, 0) is 22.0 Å². The largest absolute Gasteiger partial charge is 0.356 e. The van der Waals surface area contributed by atoms with Crippen LogP contribution in [0.1, 0.15) is 36.8 Å². The summed E-state index contributed by atoms with van der Waals surface area (Å²) in [5.41, 5.74) is 2.69. The van der Waals surface area contributed by atoms with Gasteiger partial charge in [0.15, 0.2) is 6.29 Å². The van der Waals surface area contributed by atoms with Gasteiger partial charge in [0.25, 0.3) is 0 Å². The number of carbonyl (C=O) groups excluding carboxylic acids is 1.